The van der Waals surface area contributed by atoms with Gasteiger partial charge in [-0.2, -0.15) is 22.0 Å². The van der Waals surface area contributed by atoms with Crippen molar-refractivity contribution in [3.05, 3.63) is 71.8 Å². The van der Waals surface area contributed by atoms with Gasteiger partial charge in [0.25, 0.3) is 0 Å². The molecule has 0 saturated carbocycles. The lowest BCUT2D eigenvalue weighted by atomic mass is 9.69. The molecule has 0 heterocycles. The minimum absolute atomic E-state index is 0.652. The second kappa shape index (κ2) is 5.64. The number of carboxylic acid groups (broad SMARTS) is 1. The maximum atomic E-state index is 14.4. The summed E-state index contributed by atoms with van der Waals surface area (Å²) in [6, 6.07) is 11.4. The fourth-order valence-corrected chi connectivity index (χ4v) is 2.50. The molecular formula is C16H11F5O2. The van der Waals surface area contributed by atoms with Crippen LogP contribution < -0.4 is 0 Å². The quantitative estimate of drug-likeness (QED) is 0.851. The summed E-state index contributed by atoms with van der Waals surface area (Å²) in [4.78, 5) is 11.7. The van der Waals surface area contributed by atoms with Gasteiger partial charge >= 0.3 is 18.1 Å². The van der Waals surface area contributed by atoms with Gasteiger partial charge in [-0.3, -0.25) is 4.79 Å². The van der Waals surface area contributed by atoms with E-state index in [1.807, 2.05) is 0 Å². The van der Waals surface area contributed by atoms with Crippen LogP contribution in [0.15, 0.2) is 60.7 Å². The Kier molecular flexibility index (Phi) is 4.15. The highest BCUT2D eigenvalue weighted by Crippen LogP contribution is 2.53. The van der Waals surface area contributed by atoms with Crippen molar-refractivity contribution in [2.45, 2.75) is 17.5 Å². The summed E-state index contributed by atoms with van der Waals surface area (Å²) in [6.45, 7) is 0. The number of hydrogen-bond donors (Lipinski definition) is 1. The van der Waals surface area contributed by atoms with Crippen LogP contribution in [-0.2, 0) is 10.2 Å². The molecule has 2 aromatic rings. The van der Waals surface area contributed by atoms with Crippen LogP contribution in [0, 0.1) is 0 Å². The molecule has 0 saturated heterocycles. The van der Waals surface area contributed by atoms with Gasteiger partial charge in [0.05, 0.1) is 0 Å². The smallest absolute Gasteiger partial charge is 0.455 e. The van der Waals surface area contributed by atoms with Crippen LogP contribution >= 0.6 is 0 Å². The van der Waals surface area contributed by atoms with E-state index in [0.29, 0.717) is 0 Å². The van der Waals surface area contributed by atoms with Gasteiger partial charge in [0.2, 0.25) is 0 Å². The van der Waals surface area contributed by atoms with Crippen LogP contribution in [0.4, 0.5) is 22.0 Å². The number of aliphatic carboxylic acids is 1. The van der Waals surface area contributed by atoms with E-state index in [9.17, 15) is 31.9 Å². The first-order valence-corrected chi connectivity index (χ1v) is 6.44. The largest absolute Gasteiger partial charge is 0.480 e. The Morgan fingerprint density at radius 1 is 0.739 bits per heavy atom. The fourth-order valence-electron chi connectivity index (χ4n) is 2.50. The maximum Gasteiger partial charge on any atom is 0.455 e. The number of carboxylic acids is 1. The van der Waals surface area contributed by atoms with Crippen LogP contribution in [0.5, 0.6) is 0 Å². The van der Waals surface area contributed by atoms with E-state index in [-0.39, 0.29) is 0 Å². The highest BCUT2D eigenvalue weighted by atomic mass is 19.4. The predicted molar refractivity (Wildman–Crippen MR) is 72.3 cm³/mol. The van der Waals surface area contributed by atoms with Crippen molar-refractivity contribution in [3.8, 4) is 0 Å². The third kappa shape index (κ3) is 2.46. The fraction of sp³-hybridized carbons (Fsp3) is 0.188. The summed E-state index contributed by atoms with van der Waals surface area (Å²) in [5.41, 5.74) is -4.88. The lowest BCUT2D eigenvalue weighted by Crippen LogP contribution is -2.59. The van der Waals surface area contributed by atoms with Crippen molar-refractivity contribution < 1.29 is 31.9 Å². The lowest BCUT2D eigenvalue weighted by Gasteiger charge is -2.38. The topological polar surface area (TPSA) is 37.3 Å². The van der Waals surface area contributed by atoms with Crippen molar-refractivity contribution in [1.82, 2.24) is 0 Å². The SMILES string of the molecule is O=C(O)C(c1ccccc1)(c1ccccc1)C(F)(F)C(F)(F)F. The number of alkyl halides is 5. The number of hydrogen-bond acceptors (Lipinski definition) is 1. The summed E-state index contributed by atoms with van der Waals surface area (Å²) in [5, 5.41) is 9.45. The monoisotopic (exact) mass is 330 g/mol. The van der Waals surface area contributed by atoms with E-state index in [1.165, 1.54) is 36.4 Å². The molecule has 0 aliphatic heterocycles. The van der Waals surface area contributed by atoms with Crippen molar-refractivity contribution in [3.63, 3.8) is 0 Å². The van der Waals surface area contributed by atoms with Gasteiger partial charge in [-0.25, -0.2) is 0 Å². The van der Waals surface area contributed by atoms with E-state index in [0.717, 1.165) is 24.3 Å². The minimum atomic E-state index is -6.04. The standard InChI is InChI=1S/C16H11F5O2/c17-15(18,16(19,20)21)14(13(22)23,11-7-3-1-4-8-11)12-9-5-2-6-10-12/h1-10H,(H,22,23). The Morgan fingerprint density at radius 2 is 1.09 bits per heavy atom. The molecule has 7 heteroatoms. The van der Waals surface area contributed by atoms with E-state index in [4.69, 9.17) is 0 Å². The second-order valence-corrected chi connectivity index (χ2v) is 4.86. The summed E-state index contributed by atoms with van der Waals surface area (Å²) < 4.78 is 67.9. The van der Waals surface area contributed by atoms with Crippen molar-refractivity contribution >= 4 is 5.97 Å². The molecule has 23 heavy (non-hydrogen) atoms. The van der Waals surface area contributed by atoms with Crippen molar-refractivity contribution in [2.75, 3.05) is 0 Å². The van der Waals surface area contributed by atoms with Crippen LogP contribution in [0.1, 0.15) is 11.1 Å². The Bertz CT molecular complexity index is 641. The first-order valence-electron chi connectivity index (χ1n) is 6.44. The lowest BCUT2D eigenvalue weighted by molar-refractivity contribution is -0.302. The third-order valence-corrected chi connectivity index (χ3v) is 3.56. The summed E-state index contributed by atoms with van der Waals surface area (Å²) >= 11 is 0. The minimum Gasteiger partial charge on any atom is -0.480 e. The average molecular weight is 330 g/mol. The van der Waals surface area contributed by atoms with Gasteiger partial charge < -0.3 is 5.11 Å². The first-order chi connectivity index (χ1) is 10.7. The van der Waals surface area contributed by atoms with E-state index in [1.54, 1.807) is 0 Å². The Labute approximate surface area is 128 Å². The zero-order valence-electron chi connectivity index (χ0n) is 11.5. The molecule has 2 nitrogen and oxygen atoms in total. The average Bonchev–Trinajstić information content (AvgIpc) is 2.48. The van der Waals surface area contributed by atoms with Crippen LogP contribution in [0.3, 0.4) is 0 Å². The molecule has 1 N–H and O–H groups in total. The highest BCUT2D eigenvalue weighted by Gasteiger charge is 2.74. The van der Waals surface area contributed by atoms with Gasteiger partial charge in [0.1, 0.15) is 0 Å². The zero-order chi connectivity index (χ0) is 17.3. The molecule has 0 atom stereocenters. The van der Waals surface area contributed by atoms with Crippen molar-refractivity contribution in [1.29, 1.82) is 0 Å². The molecule has 0 aliphatic carbocycles. The molecule has 0 bridgehead atoms. The molecule has 0 aromatic heterocycles. The van der Waals surface area contributed by atoms with Gasteiger partial charge in [-0.05, 0) is 11.1 Å². The van der Waals surface area contributed by atoms with Gasteiger partial charge in [-0.15, -0.1) is 0 Å². The van der Waals surface area contributed by atoms with Gasteiger partial charge in [0.15, 0.2) is 5.41 Å². The van der Waals surface area contributed by atoms with E-state index in [2.05, 4.69) is 0 Å². The third-order valence-electron chi connectivity index (χ3n) is 3.56. The summed E-state index contributed by atoms with van der Waals surface area (Å²) in [5.74, 6) is -7.80. The molecule has 0 aliphatic rings. The number of benzene rings is 2. The highest BCUT2D eigenvalue weighted by molar-refractivity contribution is 5.88. The van der Waals surface area contributed by atoms with Crippen LogP contribution in [-0.4, -0.2) is 23.2 Å². The molecule has 0 amide bonds. The number of carbonyl (C=O) groups is 1. The van der Waals surface area contributed by atoms with E-state index >= 15 is 0 Å². The number of halogens is 5. The van der Waals surface area contributed by atoms with Gasteiger partial charge in [-0.1, -0.05) is 60.7 Å². The number of rotatable bonds is 4. The predicted octanol–water partition coefficient (Wildman–Crippen LogP) is 4.25. The first kappa shape index (κ1) is 16.9. The molecule has 0 fully saturated rings. The van der Waals surface area contributed by atoms with Gasteiger partial charge in [0, 0.05) is 0 Å². The molecule has 0 spiro atoms. The van der Waals surface area contributed by atoms with Crippen molar-refractivity contribution in [2.24, 2.45) is 0 Å². The Balaban J connectivity index is 2.91. The zero-order valence-corrected chi connectivity index (χ0v) is 11.5. The maximum absolute atomic E-state index is 14.4. The summed E-state index contributed by atoms with van der Waals surface area (Å²) in [6.07, 6.45) is -6.04. The Morgan fingerprint density at radius 3 is 1.35 bits per heavy atom. The molecule has 122 valence electrons. The molecule has 2 aromatic carbocycles. The van der Waals surface area contributed by atoms with Crippen LogP contribution in [0.25, 0.3) is 0 Å². The second-order valence-electron chi connectivity index (χ2n) is 4.86. The molecule has 2 rings (SSSR count). The van der Waals surface area contributed by atoms with E-state index < -0.39 is 34.6 Å². The Hall–Kier alpha value is -2.44. The molecule has 0 radical (unpaired) electrons. The summed E-state index contributed by atoms with van der Waals surface area (Å²) in [7, 11) is 0. The van der Waals surface area contributed by atoms with Crippen LogP contribution in [0.2, 0.25) is 0 Å². The molecule has 0 unspecified atom stereocenters. The normalized spacial score (nSPS) is 12.9. The molecular weight excluding hydrogens is 319 g/mol.